The standard InChI is InChI=1S/C16H21BO4/c1-2-16-8-9-19-13(14(17)21-16)12(16)15(18)20-10-11-6-4-3-5-7-11/h3-7,12-14H,2,8-10,17H2,1H3/t12?,13?,14-,16+/m1/s1. The van der Waals surface area contributed by atoms with Crippen molar-refractivity contribution in [1.82, 2.24) is 0 Å². The van der Waals surface area contributed by atoms with Gasteiger partial charge in [-0.3, -0.25) is 4.79 Å². The first kappa shape index (κ1) is 14.6. The Labute approximate surface area is 126 Å². The molecule has 2 heterocycles. The highest BCUT2D eigenvalue weighted by molar-refractivity contribution is 6.12. The SMILES string of the molecule is B[C@@H]1O[C@@]2(CC)CCOC1C2C(=O)OCc1ccccc1. The second kappa shape index (κ2) is 5.81. The number of carbonyl (C=O) groups excluding carboxylic acids is 1. The van der Waals surface area contributed by atoms with Crippen LogP contribution in [0.25, 0.3) is 0 Å². The summed E-state index contributed by atoms with van der Waals surface area (Å²) in [5.41, 5.74) is 0.588. The van der Waals surface area contributed by atoms with Crippen LogP contribution in [0, 0.1) is 5.92 Å². The van der Waals surface area contributed by atoms with Crippen molar-refractivity contribution in [2.45, 2.75) is 44.1 Å². The van der Waals surface area contributed by atoms with Crippen molar-refractivity contribution in [2.24, 2.45) is 5.92 Å². The third-order valence-electron chi connectivity index (χ3n) is 4.69. The number of hydrogen-bond acceptors (Lipinski definition) is 4. The zero-order valence-corrected chi connectivity index (χ0v) is 12.6. The summed E-state index contributed by atoms with van der Waals surface area (Å²) in [5, 5.41) is 0. The Balaban J connectivity index is 1.71. The summed E-state index contributed by atoms with van der Waals surface area (Å²) in [4.78, 5) is 12.6. The first-order chi connectivity index (χ1) is 10.2. The number of ether oxygens (including phenoxy) is 3. The van der Waals surface area contributed by atoms with E-state index in [0.29, 0.717) is 13.2 Å². The Morgan fingerprint density at radius 1 is 1.43 bits per heavy atom. The van der Waals surface area contributed by atoms with Crippen LogP contribution in [0.1, 0.15) is 25.3 Å². The molecule has 2 bridgehead atoms. The van der Waals surface area contributed by atoms with E-state index in [9.17, 15) is 4.79 Å². The Hall–Kier alpha value is -1.33. The fraction of sp³-hybridized carbons (Fsp3) is 0.562. The number of hydrogen-bond donors (Lipinski definition) is 0. The van der Waals surface area contributed by atoms with Gasteiger partial charge >= 0.3 is 5.97 Å². The van der Waals surface area contributed by atoms with Crippen LogP contribution in [0.15, 0.2) is 30.3 Å². The van der Waals surface area contributed by atoms with Crippen LogP contribution in [0.5, 0.6) is 0 Å². The van der Waals surface area contributed by atoms with E-state index < -0.39 is 5.60 Å². The van der Waals surface area contributed by atoms with Crippen LogP contribution < -0.4 is 0 Å². The van der Waals surface area contributed by atoms with Gasteiger partial charge in [-0.1, -0.05) is 37.3 Å². The van der Waals surface area contributed by atoms with Crippen LogP contribution in [-0.2, 0) is 25.6 Å². The zero-order chi connectivity index (χ0) is 14.9. The third kappa shape index (κ3) is 2.60. The maximum atomic E-state index is 12.6. The average Bonchev–Trinajstić information content (AvgIpc) is 2.69. The summed E-state index contributed by atoms with van der Waals surface area (Å²) in [7, 11) is 1.98. The molecule has 1 aromatic rings. The molecule has 2 unspecified atom stereocenters. The van der Waals surface area contributed by atoms with E-state index in [1.807, 2.05) is 38.2 Å². The van der Waals surface area contributed by atoms with Gasteiger partial charge in [0.05, 0.1) is 17.7 Å². The summed E-state index contributed by atoms with van der Waals surface area (Å²) >= 11 is 0. The lowest BCUT2D eigenvalue weighted by Gasteiger charge is -2.37. The van der Waals surface area contributed by atoms with E-state index in [1.54, 1.807) is 0 Å². The summed E-state index contributed by atoms with van der Waals surface area (Å²) in [6.07, 6.45) is 1.39. The Bertz CT molecular complexity index is 506. The molecular formula is C16H21BO4. The van der Waals surface area contributed by atoms with Gasteiger partial charge in [0.2, 0.25) is 0 Å². The van der Waals surface area contributed by atoms with Crippen LogP contribution >= 0.6 is 0 Å². The lowest BCUT2D eigenvalue weighted by Crippen LogP contribution is -2.49. The molecule has 0 N–H and O–H groups in total. The van der Waals surface area contributed by atoms with Gasteiger partial charge in [0.15, 0.2) is 0 Å². The van der Waals surface area contributed by atoms with Crippen LogP contribution in [-0.4, -0.2) is 38.1 Å². The molecule has 0 amide bonds. The molecule has 4 nitrogen and oxygen atoms in total. The van der Waals surface area contributed by atoms with Gasteiger partial charge in [-0.15, -0.1) is 0 Å². The largest absolute Gasteiger partial charge is 0.460 e. The van der Waals surface area contributed by atoms with Crippen molar-refractivity contribution in [2.75, 3.05) is 6.61 Å². The van der Waals surface area contributed by atoms with E-state index in [1.165, 1.54) is 0 Å². The highest BCUT2D eigenvalue weighted by atomic mass is 16.6. The predicted octanol–water partition coefficient (Wildman–Crippen LogP) is 1.27. The van der Waals surface area contributed by atoms with Gasteiger partial charge < -0.3 is 14.2 Å². The van der Waals surface area contributed by atoms with Gasteiger partial charge in [0.25, 0.3) is 0 Å². The fourth-order valence-electron chi connectivity index (χ4n) is 3.54. The van der Waals surface area contributed by atoms with Crippen molar-refractivity contribution in [3.63, 3.8) is 0 Å². The molecular weight excluding hydrogens is 267 g/mol. The number of rotatable bonds is 4. The molecule has 0 spiro atoms. The molecule has 1 aromatic carbocycles. The zero-order valence-electron chi connectivity index (χ0n) is 12.6. The quantitative estimate of drug-likeness (QED) is 0.618. The highest BCUT2D eigenvalue weighted by Gasteiger charge is 2.59. The molecule has 0 saturated carbocycles. The van der Waals surface area contributed by atoms with Crippen LogP contribution in [0.3, 0.4) is 0 Å². The topological polar surface area (TPSA) is 44.8 Å². The monoisotopic (exact) mass is 288 g/mol. The van der Waals surface area contributed by atoms with Crippen LogP contribution in [0.2, 0.25) is 0 Å². The molecule has 112 valence electrons. The molecule has 21 heavy (non-hydrogen) atoms. The minimum absolute atomic E-state index is 0.0540. The predicted molar refractivity (Wildman–Crippen MR) is 80.5 cm³/mol. The van der Waals surface area contributed by atoms with Crippen molar-refractivity contribution >= 4 is 13.8 Å². The maximum Gasteiger partial charge on any atom is 0.314 e. The Kier molecular flexibility index (Phi) is 4.04. The van der Waals surface area contributed by atoms with E-state index in [4.69, 9.17) is 14.2 Å². The van der Waals surface area contributed by atoms with E-state index in [-0.39, 0.29) is 24.0 Å². The third-order valence-corrected chi connectivity index (χ3v) is 4.69. The molecule has 2 aliphatic rings. The first-order valence-electron chi connectivity index (χ1n) is 7.66. The molecule has 0 radical (unpaired) electrons. The smallest absolute Gasteiger partial charge is 0.314 e. The van der Waals surface area contributed by atoms with Crippen molar-refractivity contribution in [3.8, 4) is 0 Å². The maximum absolute atomic E-state index is 12.6. The van der Waals surface area contributed by atoms with E-state index in [0.717, 1.165) is 18.4 Å². The first-order valence-corrected chi connectivity index (χ1v) is 7.66. The summed E-state index contributed by atoms with van der Waals surface area (Å²) in [6.45, 7) is 3.03. The molecule has 4 atom stereocenters. The van der Waals surface area contributed by atoms with Gasteiger partial charge in [0.1, 0.15) is 20.4 Å². The second-order valence-corrected chi connectivity index (χ2v) is 5.90. The van der Waals surface area contributed by atoms with Gasteiger partial charge in [0, 0.05) is 13.0 Å². The molecule has 3 rings (SSSR count). The van der Waals surface area contributed by atoms with Crippen molar-refractivity contribution < 1.29 is 19.0 Å². The number of carbonyl (C=O) groups is 1. The Morgan fingerprint density at radius 2 is 2.19 bits per heavy atom. The molecule has 0 aromatic heterocycles. The molecule has 2 fully saturated rings. The van der Waals surface area contributed by atoms with E-state index in [2.05, 4.69) is 6.92 Å². The van der Waals surface area contributed by atoms with E-state index >= 15 is 0 Å². The Morgan fingerprint density at radius 3 is 2.90 bits per heavy atom. The van der Waals surface area contributed by atoms with Gasteiger partial charge in [-0.25, -0.2) is 0 Å². The average molecular weight is 288 g/mol. The minimum Gasteiger partial charge on any atom is -0.460 e. The van der Waals surface area contributed by atoms with Crippen LogP contribution in [0.4, 0.5) is 0 Å². The molecule has 0 aliphatic carbocycles. The normalized spacial score (nSPS) is 34.6. The second-order valence-electron chi connectivity index (χ2n) is 5.90. The fourth-order valence-corrected chi connectivity index (χ4v) is 3.54. The van der Waals surface area contributed by atoms with Gasteiger partial charge in [-0.05, 0) is 12.0 Å². The minimum atomic E-state index is -0.407. The highest BCUT2D eigenvalue weighted by Crippen LogP contribution is 2.46. The number of fused-ring (bicyclic) bond motifs is 2. The van der Waals surface area contributed by atoms with Crippen molar-refractivity contribution in [3.05, 3.63) is 35.9 Å². The lowest BCUT2D eigenvalue weighted by atomic mass is 9.77. The molecule has 2 aliphatic heterocycles. The summed E-state index contributed by atoms with van der Waals surface area (Å²) in [5.74, 6) is -0.510. The summed E-state index contributed by atoms with van der Waals surface area (Å²) in [6, 6.07) is 9.68. The molecule has 2 saturated heterocycles. The lowest BCUT2D eigenvalue weighted by molar-refractivity contribution is -0.167. The van der Waals surface area contributed by atoms with Crippen molar-refractivity contribution in [1.29, 1.82) is 0 Å². The summed E-state index contributed by atoms with van der Waals surface area (Å²) < 4.78 is 17.4. The number of esters is 1. The number of benzene rings is 1. The molecule has 5 heteroatoms. The van der Waals surface area contributed by atoms with Gasteiger partial charge in [-0.2, -0.15) is 0 Å².